The predicted molar refractivity (Wildman–Crippen MR) is 81.3 cm³/mol. The van der Waals surface area contributed by atoms with E-state index in [9.17, 15) is 4.79 Å². The zero-order chi connectivity index (χ0) is 15.1. The van der Waals surface area contributed by atoms with E-state index in [-0.39, 0.29) is 5.91 Å². The average molecular weight is 286 g/mol. The van der Waals surface area contributed by atoms with Gasteiger partial charge in [0.15, 0.2) is 0 Å². The van der Waals surface area contributed by atoms with Crippen LogP contribution in [0, 0.1) is 5.92 Å². The van der Waals surface area contributed by atoms with Gasteiger partial charge < -0.3 is 9.32 Å². The van der Waals surface area contributed by atoms with Crippen molar-refractivity contribution in [1.29, 1.82) is 0 Å². The monoisotopic (exact) mass is 286 g/mol. The quantitative estimate of drug-likeness (QED) is 0.780. The molecule has 0 aliphatic rings. The van der Waals surface area contributed by atoms with Gasteiger partial charge in [-0.05, 0) is 36.1 Å². The summed E-state index contributed by atoms with van der Waals surface area (Å²) in [6, 6.07) is 7.61. The smallest absolute Gasteiger partial charge is 0.223 e. The topological polar surface area (TPSA) is 46.3 Å². The van der Waals surface area contributed by atoms with Crippen LogP contribution in [-0.4, -0.2) is 15.8 Å². The summed E-state index contributed by atoms with van der Waals surface area (Å²) in [4.78, 5) is 18.4. The summed E-state index contributed by atoms with van der Waals surface area (Å²) in [5, 5.41) is 0. The van der Waals surface area contributed by atoms with Crippen molar-refractivity contribution in [3.63, 3.8) is 0 Å². The SMILES string of the molecule is CC(C)CCC(=O)N(Cc1cccnc1)Cc1ccco1. The number of aromatic nitrogens is 1. The molecule has 0 aliphatic heterocycles. The van der Waals surface area contributed by atoms with E-state index in [1.54, 1.807) is 18.7 Å². The van der Waals surface area contributed by atoms with Crippen LogP contribution in [0.1, 0.15) is 38.0 Å². The minimum Gasteiger partial charge on any atom is -0.467 e. The van der Waals surface area contributed by atoms with Gasteiger partial charge in [-0.1, -0.05) is 19.9 Å². The fourth-order valence-corrected chi connectivity index (χ4v) is 2.11. The molecule has 0 bridgehead atoms. The molecule has 0 saturated carbocycles. The zero-order valence-electron chi connectivity index (χ0n) is 12.7. The molecule has 0 spiro atoms. The summed E-state index contributed by atoms with van der Waals surface area (Å²) in [6.07, 6.45) is 6.64. The zero-order valence-corrected chi connectivity index (χ0v) is 12.7. The second-order valence-electron chi connectivity index (χ2n) is 5.62. The maximum absolute atomic E-state index is 12.4. The lowest BCUT2D eigenvalue weighted by molar-refractivity contribution is -0.133. The van der Waals surface area contributed by atoms with E-state index in [0.29, 0.717) is 25.4 Å². The van der Waals surface area contributed by atoms with E-state index in [1.807, 2.05) is 29.2 Å². The fraction of sp³-hybridized carbons (Fsp3) is 0.412. The molecule has 0 unspecified atom stereocenters. The molecule has 0 saturated heterocycles. The highest BCUT2D eigenvalue weighted by molar-refractivity contribution is 5.76. The molecule has 2 heterocycles. The first-order valence-electron chi connectivity index (χ1n) is 7.34. The van der Waals surface area contributed by atoms with Crippen molar-refractivity contribution >= 4 is 5.91 Å². The lowest BCUT2D eigenvalue weighted by Gasteiger charge is -2.22. The molecule has 4 nitrogen and oxygen atoms in total. The van der Waals surface area contributed by atoms with Gasteiger partial charge in [0.05, 0.1) is 12.8 Å². The highest BCUT2D eigenvalue weighted by Gasteiger charge is 2.16. The molecule has 2 aromatic rings. The molecule has 0 aromatic carbocycles. The summed E-state index contributed by atoms with van der Waals surface area (Å²) in [6.45, 7) is 5.32. The Morgan fingerprint density at radius 1 is 1.29 bits per heavy atom. The van der Waals surface area contributed by atoms with Crippen molar-refractivity contribution < 1.29 is 9.21 Å². The Hall–Kier alpha value is -2.10. The van der Waals surface area contributed by atoms with E-state index < -0.39 is 0 Å². The van der Waals surface area contributed by atoms with Crippen LogP contribution < -0.4 is 0 Å². The van der Waals surface area contributed by atoms with Crippen molar-refractivity contribution in [2.75, 3.05) is 0 Å². The van der Waals surface area contributed by atoms with Crippen LogP contribution in [0.3, 0.4) is 0 Å². The Balaban J connectivity index is 2.04. The maximum atomic E-state index is 12.4. The van der Waals surface area contributed by atoms with E-state index in [4.69, 9.17) is 4.42 Å². The first-order valence-corrected chi connectivity index (χ1v) is 7.34. The molecule has 1 amide bonds. The van der Waals surface area contributed by atoms with Crippen LogP contribution in [0.4, 0.5) is 0 Å². The third kappa shape index (κ3) is 5.06. The second kappa shape index (κ2) is 7.62. The normalized spacial score (nSPS) is 10.8. The minimum absolute atomic E-state index is 0.156. The Kier molecular flexibility index (Phi) is 5.55. The summed E-state index contributed by atoms with van der Waals surface area (Å²) in [7, 11) is 0. The lowest BCUT2D eigenvalue weighted by atomic mass is 10.1. The van der Waals surface area contributed by atoms with E-state index in [1.165, 1.54) is 0 Å². The van der Waals surface area contributed by atoms with Crippen molar-refractivity contribution in [3.05, 3.63) is 54.2 Å². The first kappa shape index (κ1) is 15.3. The molecule has 0 radical (unpaired) electrons. The Morgan fingerprint density at radius 3 is 2.76 bits per heavy atom. The number of amides is 1. The van der Waals surface area contributed by atoms with Crippen LogP contribution in [-0.2, 0) is 17.9 Å². The van der Waals surface area contributed by atoms with Gasteiger partial charge in [-0.15, -0.1) is 0 Å². The van der Waals surface area contributed by atoms with E-state index in [2.05, 4.69) is 18.8 Å². The Labute approximate surface area is 125 Å². The summed E-state index contributed by atoms with van der Waals surface area (Å²) in [5.74, 6) is 1.48. The van der Waals surface area contributed by atoms with Crippen molar-refractivity contribution in [2.45, 2.75) is 39.8 Å². The molecule has 2 rings (SSSR count). The van der Waals surface area contributed by atoms with Gasteiger partial charge in [-0.2, -0.15) is 0 Å². The van der Waals surface area contributed by atoms with Gasteiger partial charge in [0, 0.05) is 25.4 Å². The van der Waals surface area contributed by atoms with Gasteiger partial charge in [0.25, 0.3) is 0 Å². The highest BCUT2D eigenvalue weighted by atomic mass is 16.3. The third-order valence-electron chi connectivity index (χ3n) is 3.31. The molecular weight excluding hydrogens is 264 g/mol. The Morgan fingerprint density at radius 2 is 2.14 bits per heavy atom. The molecule has 112 valence electrons. The molecule has 0 aliphatic carbocycles. The van der Waals surface area contributed by atoms with Gasteiger partial charge in [-0.25, -0.2) is 0 Å². The Bertz CT molecular complexity index is 535. The predicted octanol–water partition coefficient (Wildman–Crippen LogP) is 3.64. The number of pyridine rings is 1. The molecule has 0 fully saturated rings. The van der Waals surface area contributed by atoms with Gasteiger partial charge >= 0.3 is 0 Å². The number of carbonyl (C=O) groups is 1. The molecule has 21 heavy (non-hydrogen) atoms. The summed E-state index contributed by atoms with van der Waals surface area (Å²) in [5.41, 5.74) is 1.03. The number of hydrogen-bond donors (Lipinski definition) is 0. The van der Waals surface area contributed by atoms with Gasteiger partial charge in [0.2, 0.25) is 5.91 Å². The van der Waals surface area contributed by atoms with Crippen LogP contribution >= 0.6 is 0 Å². The van der Waals surface area contributed by atoms with E-state index >= 15 is 0 Å². The number of hydrogen-bond acceptors (Lipinski definition) is 3. The van der Waals surface area contributed by atoms with Crippen LogP contribution in [0.25, 0.3) is 0 Å². The van der Waals surface area contributed by atoms with Crippen LogP contribution in [0.15, 0.2) is 47.3 Å². The van der Waals surface area contributed by atoms with E-state index in [0.717, 1.165) is 17.7 Å². The van der Waals surface area contributed by atoms with Gasteiger partial charge in [-0.3, -0.25) is 9.78 Å². The van der Waals surface area contributed by atoms with Crippen LogP contribution in [0.5, 0.6) is 0 Å². The highest BCUT2D eigenvalue weighted by Crippen LogP contribution is 2.14. The number of nitrogens with zero attached hydrogens (tertiary/aromatic N) is 2. The first-order chi connectivity index (χ1) is 10.1. The summed E-state index contributed by atoms with van der Waals surface area (Å²) >= 11 is 0. The molecule has 2 aromatic heterocycles. The second-order valence-corrected chi connectivity index (χ2v) is 5.62. The van der Waals surface area contributed by atoms with Crippen molar-refractivity contribution in [1.82, 2.24) is 9.88 Å². The van der Waals surface area contributed by atoms with Gasteiger partial charge in [0.1, 0.15) is 5.76 Å². The number of rotatable bonds is 7. The number of carbonyl (C=O) groups excluding carboxylic acids is 1. The molecule has 4 heteroatoms. The summed E-state index contributed by atoms with van der Waals surface area (Å²) < 4.78 is 5.37. The maximum Gasteiger partial charge on any atom is 0.223 e. The van der Waals surface area contributed by atoms with Crippen LogP contribution in [0.2, 0.25) is 0 Å². The molecular formula is C17H22N2O2. The standard InChI is InChI=1S/C17H22N2O2/c1-14(2)7-8-17(20)19(13-16-6-4-10-21-16)12-15-5-3-9-18-11-15/h3-6,9-11,14H,7-8,12-13H2,1-2H3. The lowest BCUT2D eigenvalue weighted by Crippen LogP contribution is -2.30. The largest absolute Gasteiger partial charge is 0.467 e. The third-order valence-corrected chi connectivity index (χ3v) is 3.31. The fourth-order valence-electron chi connectivity index (χ4n) is 2.11. The molecule has 0 N–H and O–H groups in total. The van der Waals surface area contributed by atoms with Crippen molar-refractivity contribution in [2.24, 2.45) is 5.92 Å². The molecule has 0 atom stereocenters. The van der Waals surface area contributed by atoms with Crippen molar-refractivity contribution in [3.8, 4) is 0 Å². The number of furan rings is 1. The average Bonchev–Trinajstić information content (AvgIpc) is 2.98. The minimum atomic E-state index is 0.156.